The lowest BCUT2D eigenvalue weighted by molar-refractivity contribution is -0.385. The van der Waals surface area contributed by atoms with Gasteiger partial charge in [0.2, 0.25) is 5.75 Å². The highest BCUT2D eigenvalue weighted by Crippen LogP contribution is 2.34. The van der Waals surface area contributed by atoms with Gasteiger partial charge in [0.25, 0.3) is 5.56 Å². The predicted octanol–water partition coefficient (Wildman–Crippen LogP) is 5.02. The lowest BCUT2D eigenvalue weighted by atomic mass is 9.95. The molecule has 10 heteroatoms. The highest BCUT2D eigenvalue weighted by molar-refractivity contribution is 9.10. The minimum absolute atomic E-state index is 0.0400. The molecular formula is C22H18Br2N4O4. The number of hydrogen-bond donors (Lipinski definition) is 0. The van der Waals surface area contributed by atoms with Gasteiger partial charge in [0.1, 0.15) is 12.4 Å². The van der Waals surface area contributed by atoms with Crippen molar-refractivity contribution in [1.82, 2.24) is 9.66 Å². The number of nitro benzene ring substituents is 1. The van der Waals surface area contributed by atoms with Crippen LogP contribution in [0.5, 0.6) is 5.75 Å². The van der Waals surface area contributed by atoms with Crippen LogP contribution in [0.1, 0.15) is 32.2 Å². The summed E-state index contributed by atoms with van der Waals surface area (Å²) in [5.74, 6) is 2.69. The van der Waals surface area contributed by atoms with Gasteiger partial charge in [0.15, 0.2) is 0 Å². The fourth-order valence-corrected chi connectivity index (χ4v) is 3.79. The van der Waals surface area contributed by atoms with E-state index in [0.29, 0.717) is 21.2 Å². The first-order valence-corrected chi connectivity index (χ1v) is 10.9. The summed E-state index contributed by atoms with van der Waals surface area (Å²) in [6.45, 7) is 5.58. The third kappa shape index (κ3) is 4.89. The topological polar surface area (TPSA) is 99.6 Å². The summed E-state index contributed by atoms with van der Waals surface area (Å²) in [5.41, 5.74) is -0.328. The quantitative estimate of drug-likeness (QED) is 0.188. The second-order valence-corrected chi connectivity index (χ2v) is 9.63. The van der Waals surface area contributed by atoms with E-state index < -0.39 is 10.3 Å². The third-order valence-electron chi connectivity index (χ3n) is 4.35. The van der Waals surface area contributed by atoms with Crippen molar-refractivity contribution >= 4 is 54.7 Å². The van der Waals surface area contributed by atoms with Crippen molar-refractivity contribution in [3.63, 3.8) is 0 Å². The first-order chi connectivity index (χ1) is 15.0. The monoisotopic (exact) mass is 560 g/mol. The number of ether oxygens (including phenoxy) is 1. The lowest BCUT2D eigenvalue weighted by Crippen LogP contribution is -2.29. The fourth-order valence-electron chi connectivity index (χ4n) is 2.96. The summed E-state index contributed by atoms with van der Waals surface area (Å²) in [6, 6.07) is 8.15. The van der Waals surface area contributed by atoms with Crippen LogP contribution in [0.4, 0.5) is 5.69 Å². The van der Waals surface area contributed by atoms with Crippen LogP contribution < -0.4 is 10.3 Å². The van der Waals surface area contributed by atoms with Crippen molar-refractivity contribution < 1.29 is 9.66 Å². The minimum atomic E-state index is -0.574. The van der Waals surface area contributed by atoms with Crippen molar-refractivity contribution in [3.8, 4) is 18.1 Å². The first kappa shape index (κ1) is 23.6. The number of rotatable bonds is 5. The molecule has 0 aliphatic heterocycles. The molecule has 3 aromatic rings. The zero-order valence-corrected chi connectivity index (χ0v) is 20.6. The molecule has 1 aromatic heterocycles. The summed E-state index contributed by atoms with van der Waals surface area (Å²) in [5, 5.41) is 16.3. The Morgan fingerprint density at radius 3 is 2.62 bits per heavy atom. The van der Waals surface area contributed by atoms with E-state index in [1.807, 2.05) is 26.8 Å². The van der Waals surface area contributed by atoms with Crippen LogP contribution >= 0.6 is 31.9 Å². The molecule has 0 spiro atoms. The van der Waals surface area contributed by atoms with Gasteiger partial charge in [-0.25, -0.2) is 4.98 Å². The number of halogens is 2. The van der Waals surface area contributed by atoms with Crippen molar-refractivity contribution in [2.45, 2.75) is 26.2 Å². The number of hydrogen-bond acceptors (Lipinski definition) is 6. The summed E-state index contributed by atoms with van der Waals surface area (Å²) < 4.78 is 7.82. The SMILES string of the molecule is C#CCOc1c(C=Nn2c(C(C)(C)C)nc3ccc(Br)cc3c2=O)cc(Br)cc1[N+](=O)[O-]. The molecule has 2 aromatic carbocycles. The highest BCUT2D eigenvalue weighted by atomic mass is 79.9. The Morgan fingerprint density at radius 2 is 2.00 bits per heavy atom. The molecule has 32 heavy (non-hydrogen) atoms. The Hall–Kier alpha value is -3.03. The van der Waals surface area contributed by atoms with E-state index in [9.17, 15) is 14.9 Å². The normalized spacial score (nSPS) is 11.6. The fraction of sp³-hybridized carbons (Fsp3) is 0.227. The largest absolute Gasteiger partial charge is 0.473 e. The van der Waals surface area contributed by atoms with E-state index in [-0.39, 0.29) is 29.2 Å². The van der Waals surface area contributed by atoms with Crippen molar-refractivity contribution in [2.24, 2.45) is 5.10 Å². The average molecular weight is 562 g/mol. The molecule has 0 fully saturated rings. The smallest absolute Gasteiger partial charge is 0.312 e. The number of nitrogens with zero attached hydrogens (tertiary/aromatic N) is 4. The van der Waals surface area contributed by atoms with E-state index in [1.165, 1.54) is 17.0 Å². The number of benzene rings is 2. The van der Waals surface area contributed by atoms with E-state index in [0.717, 1.165) is 4.47 Å². The van der Waals surface area contributed by atoms with Crippen LogP contribution in [0.2, 0.25) is 0 Å². The minimum Gasteiger partial charge on any atom is -0.473 e. The maximum Gasteiger partial charge on any atom is 0.312 e. The number of terminal acetylenes is 1. The Bertz CT molecular complexity index is 1350. The number of aromatic nitrogens is 2. The number of fused-ring (bicyclic) bond motifs is 1. The summed E-state index contributed by atoms with van der Waals surface area (Å²) >= 11 is 6.63. The molecule has 0 saturated carbocycles. The van der Waals surface area contributed by atoms with Gasteiger partial charge in [0, 0.05) is 26.0 Å². The van der Waals surface area contributed by atoms with Gasteiger partial charge in [-0.2, -0.15) is 9.78 Å². The Kier molecular flexibility index (Phi) is 6.81. The van der Waals surface area contributed by atoms with Gasteiger partial charge >= 0.3 is 5.69 Å². The molecule has 0 N–H and O–H groups in total. The van der Waals surface area contributed by atoms with Crippen molar-refractivity contribution in [2.75, 3.05) is 6.61 Å². The summed E-state index contributed by atoms with van der Waals surface area (Å²) in [6.07, 6.45) is 6.58. The lowest BCUT2D eigenvalue weighted by Gasteiger charge is -2.21. The van der Waals surface area contributed by atoms with Crippen LogP contribution in [0.15, 0.2) is 49.2 Å². The Labute approximate surface area is 200 Å². The second kappa shape index (κ2) is 9.22. The molecule has 0 radical (unpaired) electrons. The average Bonchev–Trinajstić information content (AvgIpc) is 2.71. The van der Waals surface area contributed by atoms with Crippen LogP contribution in [0, 0.1) is 22.5 Å². The molecule has 0 unspecified atom stereocenters. The maximum absolute atomic E-state index is 13.3. The molecule has 0 bridgehead atoms. The zero-order valence-electron chi connectivity index (χ0n) is 17.4. The molecule has 1 heterocycles. The molecule has 3 rings (SSSR count). The van der Waals surface area contributed by atoms with E-state index in [1.54, 1.807) is 18.2 Å². The van der Waals surface area contributed by atoms with Gasteiger partial charge in [-0.3, -0.25) is 14.9 Å². The van der Waals surface area contributed by atoms with Crippen LogP contribution in [-0.2, 0) is 5.41 Å². The Morgan fingerprint density at radius 1 is 1.28 bits per heavy atom. The van der Waals surface area contributed by atoms with Crippen LogP contribution in [-0.4, -0.2) is 27.4 Å². The molecule has 8 nitrogen and oxygen atoms in total. The van der Waals surface area contributed by atoms with Gasteiger partial charge < -0.3 is 4.74 Å². The zero-order chi connectivity index (χ0) is 23.6. The molecule has 0 saturated heterocycles. The molecule has 0 aliphatic rings. The molecule has 0 amide bonds. The first-order valence-electron chi connectivity index (χ1n) is 9.34. The van der Waals surface area contributed by atoms with Crippen molar-refractivity contribution in [3.05, 3.63) is 71.1 Å². The van der Waals surface area contributed by atoms with Gasteiger partial charge in [-0.1, -0.05) is 58.6 Å². The van der Waals surface area contributed by atoms with Crippen LogP contribution in [0.3, 0.4) is 0 Å². The molecular weight excluding hydrogens is 544 g/mol. The predicted molar refractivity (Wildman–Crippen MR) is 131 cm³/mol. The maximum atomic E-state index is 13.3. The van der Waals surface area contributed by atoms with Gasteiger partial charge in [-0.15, -0.1) is 6.42 Å². The molecule has 0 atom stereocenters. The third-order valence-corrected chi connectivity index (χ3v) is 5.30. The highest BCUT2D eigenvalue weighted by Gasteiger charge is 2.24. The van der Waals surface area contributed by atoms with Crippen molar-refractivity contribution in [1.29, 1.82) is 0 Å². The number of nitro groups is 1. The van der Waals surface area contributed by atoms with E-state index in [2.05, 4.69) is 47.9 Å². The van der Waals surface area contributed by atoms with E-state index in [4.69, 9.17) is 11.2 Å². The Balaban J connectivity index is 2.27. The molecule has 164 valence electrons. The summed E-state index contributed by atoms with van der Waals surface area (Å²) in [4.78, 5) is 28.9. The van der Waals surface area contributed by atoms with Gasteiger partial charge in [-0.05, 0) is 24.3 Å². The second-order valence-electron chi connectivity index (χ2n) is 7.80. The summed E-state index contributed by atoms with van der Waals surface area (Å²) in [7, 11) is 0. The van der Waals surface area contributed by atoms with Gasteiger partial charge in [0.05, 0.1) is 22.0 Å². The standard InChI is InChI=1S/C22H18Br2N4O4/c1-5-8-32-19-13(9-15(24)11-18(19)28(30)31)12-25-27-20(29)16-10-14(23)6-7-17(16)26-21(27)22(2,3)4/h1,6-7,9-12H,8H2,2-4H3. The molecule has 0 aliphatic carbocycles. The van der Waals surface area contributed by atoms with Crippen LogP contribution in [0.25, 0.3) is 10.9 Å². The van der Waals surface area contributed by atoms with E-state index >= 15 is 0 Å².